The van der Waals surface area contributed by atoms with Crippen molar-refractivity contribution in [1.82, 2.24) is 4.98 Å². The van der Waals surface area contributed by atoms with Gasteiger partial charge in [-0.3, -0.25) is 5.41 Å². The average Bonchev–Trinajstić information content (AvgIpc) is 2.70. The zero-order chi connectivity index (χ0) is 11.5. The first-order chi connectivity index (χ1) is 7.66. The minimum Gasteiger partial charge on any atom is -0.474 e. The van der Waals surface area contributed by atoms with E-state index >= 15 is 0 Å². The second kappa shape index (κ2) is 4.51. The summed E-state index contributed by atoms with van der Waals surface area (Å²) in [4.78, 5) is 4.31. The molecule has 0 amide bonds. The maximum Gasteiger partial charge on any atom is 0.225 e. The fourth-order valence-corrected chi connectivity index (χ4v) is 1.99. The van der Waals surface area contributed by atoms with Crippen LogP contribution >= 0.6 is 0 Å². The van der Waals surface area contributed by atoms with Gasteiger partial charge in [-0.1, -0.05) is 0 Å². The molecule has 0 unspecified atom stereocenters. The number of ether oxygens (including phenoxy) is 1. The quantitative estimate of drug-likeness (QED) is 0.603. The maximum absolute atomic E-state index is 7.48. The van der Waals surface area contributed by atoms with Crippen molar-refractivity contribution in [3.63, 3.8) is 0 Å². The number of aryl methyl sites for hydroxylation is 1. The highest BCUT2D eigenvalue weighted by molar-refractivity contribution is 5.97. The van der Waals surface area contributed by atoms with Crippen LogP contribution in [0.25, 0.3) is 0 Å². The highest BCUT2D eigenvalue weighted by atomic mass is 16.5. The van der Waals surface area contributed by atoms with Crippen LogP contribution in [0.15, 0.2) is 12.1 Å². The number of aromatic nitrogens is 1. The summed E-state index contributed by atoms with van der Waals surface area (Å²) in [6, 6.07) is 3.65. The zero-order valence-corrected chi connectivity index (χ0v) is 9.49. The van der Waals surface area contributed by atoms with Crippen molar-refractivity contribution in [3.05, 3.63) is 23.4 Å². The Kier molecular flexibility index (Phi) is 3.08. The molecule has 1 saturated carbocycles. The lowest BCUT2D eigenvalue weighted by atomic mass is 10.2. The predicted molar refractivity (Wildman–Crippen MR) is 62.9 cm³/mol. The van der Waals surface area contributed by atoms with E-state index in [9.17, 15) is 0 Å². The Morgan fingerprint density at radius 1 is 1.44 bits per heavy atom. The monoisotopic (exact) mass is 219 g/mol. The van der Waals surface area contributed by atoms with Crippen LogP contribution in [0.1, 0.15) is 36.9 Å². The van der Waals surface area contributed by atoms with E-state index in [-0.39, 0.29) is 11.9 Å². The van der Waals surface area contributed by atoms with E-state index in [2.05, 4.69) is 4.98 Å². The van der Waals surface area contributed by atoms with Gasteiger partial charge in [-0.05, 0) is 44.7 Å². The van der Waals surface area contributed by atoms with Crippen LogP contribution in [0.3, 0.4) is 0 Å². The lowest BCUT2D eigenvalue weighted by molar-refractivity contribution is 0.200. The predicted octanol–water partition coefficient (Wildman–Crippen LogP) is 2.00. The third-order valence-corrected chi connectivity index (χ3v) is 2.87. The zero-order valence-electron chi connectivity index (χ0n) is 9.49. The van der Waals surface area contributed by atoms with Crippen molar-refractivity contribution in [2.75, 3.05) is 0 Å². The first kappa shape index (κ1) is 10.9. The van der Waals surface area contributed by atoms with E-state index in [1.165, 1.54) is 12.8 Å². The molecule has 0 spiro atoms. The summed E-state index contributed by atoms with van der Waals surface area (Å²) in [5.74, 6) is 0.528. The highest BCUT2D eigenvalue weighted by Gasteiger charge is 2.19. The molecule has 0 atom stereocenters. The molecule has 1 aromatic heterocycles. The van der Waals surface area contributed by atoms with Crippen LogP contribution in [0.4, 0.5) is 0 Å². The van der Waals surface area contributed by atoms with Gasteiger partial charge < -0.3 is 10.5 Å². The van der Waals surface area contributed by atoms with Gasteiger partial charge in [0.1, 0.15) is 11.9 Å². The second-order valence-electron chi connectivity index (χ2n) is 4.24. The van der Waals surface area contributed by atoms with Gasteiger partial charge in [0.05, 0.1) is 5.56 Å². The highest BCUT2D eigenvalue weighted by Crippen LogP contribution is 2.25. The number of nitrogens with one attached hydrogen (secondary N) is 1. The van der Waals surface area contributed by atoms with Gasteiger partial charge in [0.25, 0.3) is 0 Å². The molecule has 0 saturated heterocycles. The molecule has 1 heterocycles. The number of nitrogen functional groups attached to an aromatic ring is 1. The molecule has 1 fully saturated rings. The van der Waals surface area contributed by atoms with Crippen molar-refractivity contribution >= 4 is 5.84 Å². The Bertz CT molecular complexity index is 397. The number of hydrogen-bond acceptors (Lipinski definition) is 3. The van der Waals surface area contributed by atoms with Gasteiger partial charge in [-0.15, -0.1) is 0 Å². The van der Waals surface area contributed by atoms with E-state index in [0.29, 0.717) is 11.4 Å². The summed E-state index contributed by atoms with van der Waals surface area (Å²) in [5.41, 5.74) is 6.98. The van der Waals surface area contributed by atoms with Crippen LogP contribution < -0.4 is 10.5 Å². The van der Waals surface area contributed by atoms with Crippen molar-refractivity contribution in [3.8, 4) is 5.88 Å². The summed E-state index contributed by atoms with van der Waals surface area (Å²) >= 11 is 0. The summed E-state index contributed by atoms with van der Waals surface area (Å²) in [6.45, 7) is 1.91. The molecular weight excluding hydrogens is 202 g/mol. The van der Waals surface area contributed by atoms with E-state index in [0.717, 1.165) is 18.5 Å². The molecule has 4 heteroatoms. The molecule has 0 radical (unpaired) electrons. The normalized spacial score (nSPS) is 16.3. The summed E-state index contributed by atoms with van der Waals surface area (Å²) in [5, 5.41) is 7.48. The van der Waals surface area contributed by atoms with Crippen molar-refractivity contribution in [1.29, 1.82) is 5.41 Å². The molecule has 4 nitrogen and oxygen atoms in total. The molecule has 86 valence electrons. The average molecular weight is 219 g/mol. The Hall–Kier alpha value is -1.58. The molecule has 3 N–H and O–H groups in total. The van der Waals surface area contributed by atoms with Crippen LogP contribution in [0.2, 0.25) is 0 Å². The standard InChI is InChI=1S/C12H17N3O/c1-8-6-7-10(11(13)14)12(15-8)16-9-4-2-3-5-9/h6-7,9H,2-5H2,1H3,(H3,13,14). The number of rotatable bonds is 3. The van der Waals surface area contributed by atoms with E-state index in [1.54, 1.807) is 6.07 Å². The van der Waals surface area contributed by atoms with Gasteiger partial charge in [0.15, 0.2) is 0 Å². The minimum absolute atomic E-state index is 0.0143. The van der Waals surface area contributed by atoms with Crippen LogP contribution in [0.5, 0.6) is 5.88 Å². The third-order valence-electron chi connectivity index (χ3n) is 2.87. The molecular formula is C12H17N3O. The summed E-state index contributed by atoms with van der Waals surface area (Å²) in [7, 11) is 0. The number of amidine groups is 1. The molecule has 0 aliphatic heterocycles. The Labute approximate surface area is 95.3 Å². The van der Waals surface area contributed by atoms with Crippen LogP contribution in [0, 0.1) is 12.3 Å². The molecule has 0 bridgehead atoms. The van der Waals surface area contributed by atoms with Crippen LogP contribution in [-0.4, -0.2) is 16.9 Å². The number of nitrogens with two attached hydrogens (primary N) is 1. The molecule has 1 aliphatic carbocycles. The molecule has 1 aromatic rings. The van der Waals surface area contributed by atoms with Gasteiger partial charge in [0.2, 0.25) is 5.88 Å². The molecule has 16 heavy (non-hydrogen) atoms. The summed E-state index contributed by atoms with van der Waals surface area (Å²) < 4.78 is 5.82. The number of hydrogen-bond donors (Lipinski definition) is 2. The van der Waals surface area contributed by atoms with Gasteiger partial charge in [-0.25, -0.2) is 4.98 Å². The van der Waals surface area contributed by atoms with Gasteiger partial charge in [-0.2, -0.15) is 0 Å². The van der Waals surface area contributed by atoms with Crippen molar-refractivity contribution in [2.45, 2.75) is 38.7 Å². The lowest BCUT2D eigenvalue weighted by Gasteiger charge is -2.15. The Balaban J connectivity index is 2.22. The topological polar surface area (TPSA) is 72.0 Å². The maximum atomic E-state index is 7.48. The van der Waals surface area contributed by atoms with E-state index in [1.807, 2.05) is 13.0 Å². The van der Waals surface area contributed by atoms with Crippen molar-refractivity contribution < 1.29 is 4.74 Å². The Morgan fingerprint density at radius 3 is 2.75 bits per heavy atom. The molecule has 0 aromatic carbocycles. The third kappa shape index (κ3) is 2.32. The van der Waals surface area contributed by atoms with Crippen LogP contribution in [-0.2, 0) is 0 Å². The first-order valence-corrected chi connectivity index (χ1v) is 5.65. The first-order valence-electron chi connectivity index (χ1n) is 5.65. The number of nitrogens with zero attached hydrogens (tertiary/aromatic N) is 1. The second-order valence-corrected chi connectivity index (χ2v) is 4.24. The molecule has 2 rings (SSSR count). The van der Waals surface area contributed by atoms with Gasteiger partial charge >= 0.3 is 0 Å². The number of pyridine rings is 1. The van der Waals surface area contributed by atoms with Crippen molar-refractivity contribution in [2.24, 2.45) is 5.73 Å². The SMILES string of the molecule is Cc1ccc(C(=N)N)c(OC2CCCC2)n1. The molecule has 1 aliphatic rings. The smallest absolute Gasteiger partial charge is 0.225 e. The summed E-state index contributed by atoms with van der Waals surface area (Å²) in [6.07, 6.45) is 4.82. The largest absolute Gasteiger partial charge is 0.474 e. The van der Waals surface area contributed by atoms with E-state index in [4.69, 9.17) is 15.9 Å². The Morgan fingerprint density at radius 2 is 2.12 bits per heavy atom. The fraction of sp³-hybridized carbons (Fsp3) is 0.500. The minimum atomic E-state index is 0.0143. The lowest BCUT2D eigenvalue weighted by Crippen LogP contribution is -2.18. The van der Waals surface area contributed by atoms with E-state index < -0.39 is 0 Å². The fourth-order valence-electron chi connectivity index (χ4n) is 1.99. The van der Waals surface area contributed by atoms with Gasteiger partial charge in [0, 0.05) is 5.69 Å².